The van der Waals surface area contributed by atoms with Gasteiger partial charge in [0, 0.05) is 11.5 Å². The zero-order valence-electron chi connectivity index (χ0n) is 6.53. The van der Waals surface area contributed by atoms with E-state index >= 15 is 0 Å². The maximum Gasteiger partial charge on any atom is 0.162 e. The van der Waals surface area contributed by atoms with Gasteiger partial charge in [0.1, 0.15) is 0 Å². The zero-order chi connectivity index (χ0) is 8.55. The summed E-state index contributed by atoms with van der Waals surface area (Å²) in [5.41, 5.74) is 0.852. The molecule has 0 radical (unpaired) electrons. The van der Waals surface area contributed by atoms with Crippen LogP contribution >= 0.6 is 0 Å². The van der Waals surface area contributed by atoms with Crippen molar-refractivity contribution < 1.29 is 9.84 Å². The third-order valence-corrected chi connectivity index (χ3v) is 1.74. The number of nitrogens with zero attached hydrogens (tertiary/aromatic N) is 1. The van der Waals surface area contributed by atoms with Crippen LogP contribution in [0.2, 0.25) is 0 Å². The smallest absolute Gasteiger partial charge is 0.162 e. The van der Waals surface area contributed by atoms with Crippen molar-refractivity contribution in [1.29, 1.82) is 0 Å². The van der Waals surface area contributed by atoms with Crippen molar-refractivity contribution in [1.82, 2.24) is 10.2 Å². The molecule has 0 atom stereocenters. The fourth-order valence-corrected chi connectivity index (χ4v) is 1.12. The van der Waals surface area contributed by atoms with Gasteiger partial charge >= 0.3 is 0 Å². The number of phenols is 1. The van der Waals surface area contributed by atoms with Crippen LogP contribution in [0, 0.1) is 0 Å². The maximum atomic E-state index is 9.36. The molecule has 0 aliphatic carbocycles. The SMILES string of the molecule is COc1cc2[nH]ncc2cc1O. The molecule has 0 bridgehead atoms. The molecule has 1 heterocycles. The summed E-state index contributed by atoms with van der Waals surface area (Å²) < 4.78 is 4.92. The van der Waals surface area contributed by atoms with Crippen molar-refractivity contribution in [2.24, 2.45) is 0 Å². The minimum atomic E-state index is 0.131. The molecule has 0 aliphatic heterocycles. The van der Waals surface area contributed by atoms with Crippen molar-refractivity contribution in [3.63, 3.8) is 0 Å². The summed E-state index contributed by atoms with van der Waals surface area (Å²) in [6.45, 7) is 0. The molecule has 4 nitrogen and oxygen atoms in total. The Morgan fingerprint density at radius 3 is 3.08 bits per heavy atom. The van der Waals surface area contributed by atoms with Crippen LogP contribution in [-0.2, 0) is 0 Å². The lowest BCUT2D eigenvalue weighted by molar-refractivity contribution is 0.374. The van der Waals surface area contributed by atoms with E-state index in [0.29, 0.717) is 5.75 Å². The van der Waals surface area contributed by atoms with Crippen molar-refractivity contribution in [2.75, 3.05) is 7.11 Å². The van der Waals surface area contributed by atoms with Gasteiger partial charge in [0.25, 0.3) is 0 Å². The van der Waals surface area contributed by atoms with Crippen LogP contribution in [0.5, 0.6) is 11.5 Å². The monoisotopic (exact) mass is 164 g/mol. The number of methoxy groups -OCH3 is 1. The summed E-state index contributed by atoms with van der Waals surface area (Å²) in [5, 5.41) is 16.8. The second-order valence-corrected chi connectivity index (χ2v) is 2.48. The summed E-state index contributed by atoms with van der Waals surface area (Å²) >= 11 is 0. The van der Waals surface area contributed by atoms with Gasteiger partial charge in [-0.2, -0.15) is 5.10 Å². The molecule has 0 unspecified atom stereocenters. The third kappa shape index (κ3) is 0.887. The van der Waals surface area contributed by atoms with E-state index in [4.69, 9.17) is 4.74 Å². The summed E-state index contributed by atoms with van der Waals surface area (Å²) in [6.07, 6.45) is 1.65. The fourth-order valence-electron chi connectivity index (χ4n) is 1.12. The predicted molar refractivity (Wildman–Crippen MR) is 44.3 cm³/mol. The Labute approximate surface area is 68.8 Å². The topological polar surface area (TPSA) is 58.1 Å². The number of aromatic amines is 1. The minimum absolute atomic E-state index is 0.131. The molecule has 62 valence electrons. The molecule has 0 saturated heterocycles. The number of aromatic hydroxyl groups is 1. The summed E-state index contributed by atoms with van der Waals surface area (Å²) in [4.78, 5) is 0. The first-order chi connectivity index (χ1) is 5.81. The first kappa shape index (κ1) is 6.97. The van der Waals surface area contributed by atoms with Gasteiger partial charge in [-0.1, -0.05) is 0 Å². The van der Waals surface area contributed by atoms with Crippen LogP contribution in [0.1, 0.15) is 0 Å². The largest absolute Gasteiger partial charge is 0.504 e. The number of H-pyrrole nitrogens is 1. The average Bonchev–Trinajstić information content (AvgIpc) is 2.49. The quantitative estimate of drug-likeness (QED) is 0.667. The van der Waals surface area contributed by atoms with E-state index in [1.54, 1.807) is 18.3 Å². The van der Waals surface area contributed by atoms with Gasteiger partial charge in [-0.15, -0.1) is 0 Å². The number of fused-ring (bicyclic) bond motifs is 1. The molecule has 2 N–H and O–H groups in total. The molecule has 0 saturated carbocycles. The Morgan fingerprint density at radius 2 is 2.33 bits per heavy atom. The molecule has 1 aromatic carbocycles. The number of hydrogen-bond donors (Lipinski definition) is 2. The van der Waals surface area contributed by atoms with Crippen LogP contribution < -0.4 is 4.74 Å². The van der Waals surface area contributed by atoms with E-state index in [0.717, 1.165) is 10.9 Å². The molecular formula is C8H8N2O2. The number of phenolic OH excluding ortho intramolecular Hbond substituents is 1. The second kappa shape index (κ2) is 2.41. The lowest BCUT2D eigenvalue weighted by Gasteiger charge is -2.01. The highest BCUT2D eigenvalue weighted by Crippen LogP contribution is 2.29. The first-order valence-corrected chi connectivity index (χ1v) is 3.51. The number of nitrogens with one attached hydrogen (secondary N) is 1. The van der Waals surface area contributed by atoms with E-state index < -0.39 is 0 Å². The van der Waals surface area contributed by atoms with Crippen molar-refractivity contribution >= 4 is 10.9 Å². The number of aromatic nitrogens is 2. The number of hydrogen-bond acceptors (Lipinski definition) is 3. The van der Waals surface area contributed by atoms with Gasteiger partial charge < -0.3 is 9.84 Å². The summed E-state index contributed by atoms with van der Waals surface area (Å²) in [5.74, 6) is 0.582. The summed E-state index contributed by atoms with van der Waals surface area (Å²) in [6, 6.07) is 3.31. The fraction of sp³-hybridized carbons (Fsp3) is 0.125. The Balaban J connectivity index is 2.73. The Kier molecular flexibility index (Phi) is 1.40. The zero-order valence-corrected chi connectivity index (χ0v) is 6.53. The van der Waals surface area contributed by atoms with E-state index in [9.17, 15) is 5.11 Å². The van der Waals surface area contributed by atoms with Crippen LogP contribution in [0.3, 0.4) is 0 Å². The highest BCUT2D eigenvalue weighted by atomic mass is 16.5. The van der Waals surface area contributed by atoms with E-state index in [2.05, 4.69) is 10.2 Å². The first-order valence-electron chi connectivity index (χ1n) is 3.51. The van der Waals surface area contributed by atoms with Crippen molar-refractivity contribution in [3.8, 4) is 11.5 Å². The minimum Gasteiger partial charge on any atom is -0.504 e. The third-order valence-electron chi connectivity index (χ3n) is 1.74. The van der Waals surface area contributed by atoms with Crippen LogP contribution in [0.15, 0.2) is 18.3 Å². The number of ether oxygens (including phenoxy) is 1. The maximum absolute atomic E-state index is 9.36. The number of benzene rings is 1. The van der Waals surface area contributed by atoms with E-state index in [-0.39, 0.29) is 5.75 Å². The van der Waals surface area contributed by atoms with Gasteiger partial charge in [-0.05, 0) is 6.07 Å². The molecule has 0 spiro atoms. The van der Waals surface area contributed by atoms with Crippen molar-refractivity contribution in [3.05, 3.63) is 18.3 Å². The van der Waals surface area contributed by atoms with Crippen LogP contribution in [0.4, 0.5) is 0 Å². The Morgan fingerprint density at radius 1 is 1.50 bits per heavy atom. The predicted octanol–water partition coefficient (Wildman–Crippen LogP) is 1.28. The molecule has 0 amide bonds. The molecule has 12 heavy (non-hydrogen) atoms. The number of rotatable bonds is 1. The average molecular weight is 164 g/mol. The standard InChI is InChI=1S/C8H8N2O2/c1-12-8-3-6-5(2-7(8)11)4-9-10-6/h2-4,11H,1H3,(H,9,10). The lowest BCUT2D eigenvalue weighted by Crippen LogP contribution is -1.82. The molecule has 0 fully saturated rings. The molecule has 4 heteroatoms. The van der Waals surface area contributed by atoms with Gasteiger partial charge in [0.15, 0.2) is 11.5 Å². The van der Waals surface area contributed by atoms with Crippen molar-refractivity contribution in [2.45, 2.75) is 0 Å². The Bertz CT molecular complexity index is 408. The normalized spacial score (nSPS) is 10.4. The van der Waals surface area contributed by atoms with E-state index in [1.807, 2.05) is 0 Å². The molecular weight excluding hydrogens is 156 g/mol. The highest BCUT2D eigenvalue weighted by molar-refractivity contribution is 5.81. The van der Waals surface area contributed by atoms with Gasteiger partial charge in [0.05, 0.1) is 18.8 Å². The molecule has 0 aliphatic rings. The summed E-state index contributed by atoms with van der Waals surface area (Å²) in [7, 11) is 1.51. The van der Waals surface area contributed by atoms with E-state index in [1.165, 1.54) is 7.11 Å². The molecule has 2 rings (SSSR count). The van der Waals surface area contributed by atoms with Gasteiger partial charge in [-0.25, -0.2) is 0 Å². The van der Waals surface area contributed by atoms with Gasteiger partial charge in [0.2, 0.25) is 0 Å². The highest BCUT2D eigenvalue weighted by Gasteiger charge is 2.03. The second-order valence-electron chi connectivity index (χ2n) is 2.48. The van der Waals surface area contributed by atoms with Gasteiger partial charge in [-0.3, -0.25) is 5.10 Å². The molecule has 2 aromatic rings. The van der Waals surface area contributed by atoms with Crippen LogP contribution in [0.25, 0.3) is 10.9 Å². The lowest BCUT2D eigenvalue weighted by atomic mass is 10.2. The molecule has 1 aromatic heterocycles. The Hall–Kier alpha value is -1.71. The van der Waals surface area contributed by atoms with Crippen LogP contribution in [-0.4, -0.2) is 22.4 Å².